The van der Waals surface area contributed by atoms with Gasteiger partial charge in [-0.05, 0) is 66.3 Å². The van der Waals surface area contributed by atoms with Crippen LogP contribution in [0.2, 0.25) is 5.02 Å². The van der Waals surface area contributed by atoms with E-state index in [-0.39, 0.29) is 5.97 Å². The molecule has 0 aliphatic carbocycles. The molecule has 3 rings (SSSR count). The second-order valence-corrected chi connectivity index (χ2v) is 8.40. The van der Waals surface area contributed by atoms with Crippen molar-refractivity contribution in [3.8, 4) is 22.6 Å². The van der Waals surface area contributed by atoms with Crippen molar-refractivity contribution in [1.29, 1.82) is 0 Å². The van der Waals surface area contributed by atoms with Crippen molar-refractivity contribution >= 4 is 23.5 Å². The number of esters is 2. The number of carbonyl (C=O) groups excluding carboxylic acids is 2. The van der Waals surface area contributed by atoms with Crippen LogP contribution in [0.1, 0.15) is 41.6 Å². The van der Waals surface area contributed by atoms with Crippen molar-refractivity contribution in [1.82, 2.24) is 0 Å². The van der Waals surface area contributed by atoms with E-state index in [0.717, 1.165) is 43.2 Å². The molecule has 0 aromatic heterocycles. The summed E-state index contributed by atoms with van der Waals surface area (Å²) in [6, 6.07) is 20.7. The van der Waals surface area contributed by atoms with Gasteiger partial charge in [-0.25, -0.2) is 9.59 Å². The van der Waals surface area contributed by atoms with Gasteiger partial charge < -0.3 is 14.2 Å². The van der Waals surface area contributed by atoms with Gasteiger partial charge in [-0.3, -0.25) is 0 Å². The van der Waals surface area contributed by atoms with Crippen LogP contribution in [0.4, 0.5) is 0 Å². The molecule has 0 amide bonds. The maximum Gasteiger partial charge on any atom is 0.343 e. The standard InChI is InChI=1S/C29H29ClO5/c1-3-28(31)34-19-7-5-4-6-8-21-9-11-22(12-10-21)23-13-16-25(17-14-23)35-29(32)24-15-18-27(33-2)26(30)20-24/h3,9-18,20H,1,4-8,19H2,2H3. The van der Waals surface area contributed by atoms with Gasteiger partial charge in [-0.2, -0.15) is 0 Å². The summed E-state index contributed by atoms with van der Waals surface area (Å²) >= 11 is 6.09. The minimum atomic E-state index is -0.482. The lowest BCUT2D eigenvalue weighted by Crippen LogP contribution is -2.08. The van der Waals surface area contributed by atoms with Crippen LogP contribution >= 0.6 is 11.6 Å². The Labute approximate surface area is 211 Å². The molecule has 0 unspecified atom stereocenters. The van der Waals surface area contributed by atoms with Gasteiger partial charge in [-0.1, -0.05) is 67.4 Å². The van der Waals surface area contributed by atoms with E-state index in [0.29, 0.717) is 28.7 Å². The molecule has 0 saturated heterocycles. The van der Waals surface area contributed by atoms with Crippen molar-refractivity contribution in [3.05, 3.63) is 95.5 Å². The average Bonchev–Trinajstić information content (AvgIpc) is 2.88. The Hall–Kier alpha value is -3.57. The highest BCUT2D eigenvalue weighted by atomic mass is 35.5. The van der Waals surface area contributed by atoms with Gasteiger partial charge in [0.25, 0.3) is 0 Å². The lowest BCUT2D eigenvalue weighted by Gasteiger charge is -2.08. The number of carbonyl (C=O) groups is 2. The lowest BCUT2D eigenvalue weighted by atomic mass is 10.0. The molecule has 3 aromatic carbocycles. The molecule has 5 nitrogen and oxygen atoms in total. The highest BCUT2D eigenvalue weighted by molar-refractivity contribution is 6.32. The van der Waals surface area contributed by atoms with Crippen molar-refractivity contribution in [2.24, 2.45) is 0 Å². The van der Waals surface area contributed by atoms with Gasteiger partial charge in [0.1, 0.15) is 11.5 Å². The first-order chi connectivity index (χ1) is 17.0. The molecule has 0 aliphatic rings. The summed E-state index contributed by atoms with van der Waals surface area (Å²) in [6.07, 6.45) is 6.29. The van der Waals surface area contributed by atoms with Crippen LogP contribution in [0.3, 0.4) is 0 Å². The molecular formula is C29H29ClO5. The maximum atomic E-state index is 12.4. The van der Waals surface area contributed by atoms with E-state index < -0.39 is 5.97 Å². The number of ether oxygens (including phenoxy) is 3. The van der Waals surface area contributed by atoms with Crippen molar-refractivity contribution in [2.45, 2.75) is 32.1 Å². The van der Waals surface area contributed by atoms with Gasteiger partial charge in [0.05, 0.1) is 24.3 Å². The molecular weight excluding hydrogens is 464 g/mol. The van der Waals surface area contributed by atoms with E-state index in [2.05, 4.69) is 30.8 Å². The number of hydrogen-bond donors (Lipinski definition) is 0. The largest absolute Gasteiger partial charge is 0.495 e. The van der Waals surface area contributed by atoms with E-state index in [1.807, 2.05) is 12.1 Å². The third-order valence-electron chi connectivity index (χ3n) is 5.51. The number of methoxy groups -OCH3 is 1. The van der Waals surface area contributed by atoms with Crippen LogP contribution in [0.5, 0.6) is 11.5 Å². The van der Waals surface area contributed by atoms with Gasteiger partial charge in [-0.15, -0.1) is 0 Å². The van der Waals surface area contributed by atoms with E-state index in [9.17, 15) is 9.59 Å². The van der Waals surface area contributed by atoms with Crippen LogP contribution in [0.25, 0.3) is 11.1 Å². The molecule has 0 radical (unpaired) electrons. The number of unbranched alkanes of at least 4 members (excludes halogenated alkanes) is 3. The number of aryl methyl sites for hydroxylation is 1. The summed E-state index contributed by atoms with van der Waals surface area (Å²) in [7, 11) is 1.52. The van der Waals surface area contributed by atoms with Crippen molar-refractivity contribution in [2.75, 3.05) is 13.7 Å². The minimum Gasteiger partial charge on any atom is -0.495 e. The van der Waals surface area contributed by atoms with E-state index >= 15 is 0 Å². The van der Waals surface area contributed by atoms with Crippen LogP contribution in [-0.2, 0) is 16.0 Å². The van der Waals surface area contributed by atoms with Crippen LogP contribution in [-0.4, -0.2) is 25.7 Å². The normalized spacial score (nSPS) is 10.5. The summed E-state index contributed by atoms with van der Waals surface area (Å²) in [5.41, 5.74) is 3.78. The molecule has 3 aromatic rings. The maximum absolute atomic E-state index is 12.4. The van der Waals surface area contributed by atoms with Crippen LogP contribution < -0.4 is 9.47 Å². The average molecular weight is 493 g/mol. The Balaban J connectivity index is 1.46. The summed E-state index contributed by atoms with van der Waals surface area (Å²) in [5, 5.41) is 0.354. The first kappa shape index (κ1) is 26.0. The molecule has 0 heterocycles. The molecule has 0 N–H and O–H groups in total. The predicted octanol–water partition coefficient (Wildman–Crippen LogP) is 7.07. The molecule has 0 atom stereocenters. The lowest BCUT2D eigenvalue weighted by molar-refractivity contribution is -0.137. The van der Waals surface area contributed by atoms with Crippen LogP contribution in [0.15, 0.2) is 79.4 Å². The quantitative estimate of drug-likeness (QED) is 0.117. The topological polar surface area (TPSA) is 61.8 Å². The van der Waals surface area contributed by atoms with E-state index in [4.69, 9.17) is 25.8 Å². The third kappa shape index (κ3) is 8.01. The van der Waals surface area contributed by atoms with E-state index in [1.54, 1.807) is 24.3 Å². The predicted molar refractivity (Wildman–Crippen MR) is 138 cm³/mol. The fraction of sp³-hybridized carbons (Fsp3) is 0.241. The monoisotopic (exact) mass is 492 g/mol. The number of benzene rings is 3. The van der Waals surface area contributed by atoms with Gasteiger partial charge in [0, 0.05) is 6.08 Å². The van der Waals surface area contributed by atoms with Crippen molar-refractivity contribution in [3.63, 3.8) is 0 Å². The molecule has 0 saturated carbocycles. The molecule has 6 heteroatoms. The zero-order valence-electron chi connectivity index (χ0n) is 19.8. The Bertz CT molecular complexity index is 1140. The van der Waals surface area contributed by atoms with E-state index in [1.165, 1.54) is 24.8 Å². The molecule has 0 bridgehead atoms. The highest BCUT2D eigenvalue weighted by Gasteiger charge is 2.12. The Kier molecular flexibility index (Phi) is 9.93. The fourth-order valence-corrected chi connectivity index (χ4v) is 3.81. The minimum absolute atomic E-state index is 0.353. The molecule has 0 fully saturated rings. The smallest absolute Gasteiger partial charge is 0.343 e. The van der Waals surface area contributed by atoms with Gasteiger partial charge in [0.15, 0.2) is 0 Å². The molecule has 35 heavy (non-hydrogen) atoms. The molecule has 0 aliphatic heterocycles. The number of halogens is 1. The van der Waals surface area contributed by atoms with Crippen molar-refractivity contribution < 1.29 is 23.8 Å². The van der Waals surface area contributed by atoms with Crippen LogP contribution in [0, 0.1) is 0 Å². The molecule has 182 valence electrons. The summed E-state index contributed by atoms with van der Waals surface area (Å²) in [6.45, 7) is 3.83. The number of hydrogen-bond acceptors (Lipinski definition) is 5. The molecule has 0 spiro atoms. The summed E-state index contributed by atoms with van der Waals surface area (Å²) < 4.78 is 15.6. The first-order valence-electron chi connectivity index (χ1n) is 11.5. The van der Waals surface area contributed by atoms with Gasteiger partial charge >= 0.3 is 11.9 Å². The second-order valence-electron chi connectivity index (χ2n) is 8.00. The number of rotatable bonds is 12. The zero-order chi connectivity index (χ0) is 25.0. The first-order valence-corrected chi connectivity index (χ1v) is 11.9. The third-order valence-corrected chi connectivity index (χ3v) is 5.81. The zero-order valence-corrected chi connectivity index (χ0v) is 20.6. The summed E-state index contributed by atoms with van der Waals surface area (Å²) in [5.74, 6) is 0.119. The SMILES string of the molecule is C=CC(=O)OCCCCCCc1ccc(-c2ccc(OC(=O)c3ccc(OC)c(Cl)c3)cc2)cc1. The highest BCUT2D eigenvalue weighted by Crippen LogP contribution is 2.27. The van der Waals surface area contributed by atoms with Gasteiger partial charge in [0.2, 0.25) is 0 Å². The summed E-state index contributed by atoms with van der Waals surface area (Å²) in [4.78, 5) is 23.4. The second kappa shape index (κ2) is 13.4. The Morgan fingerprint density at radius 1 is 0.886 bits per heavy atom. The Morgan fingerprint density at radius 2 is 1.54 bits per heavy atom. The Morgan fingerprint density at radius 3 is 2.17 bits per heavy atom. The fourth-order valence-electron chi connectivity index (χ4n) is 3.56.